The molecule has 0 aliphatic rings. The topological polar surface area (TPSA) is 83.5 Å². The predicted molar refractivity (Wildman–Crippen MR) is 77.0 cm³/mol. The number of aliphatic hydroxyl groups is 1. The summed E-state index contributed by atoms with van der Waals surface area (Å²) in [5.74, 6) is -0.134. The molecule has 0 bridgehead atoms. The van der Waals surface area contributed by atoms with Crippen LogP contribution in [0.5, 0.6) is 0 Å². The second-order valence-electron chi connectivity index (χ2n) is 5.02. The van der Waals surface area contributed by atoms with E-state index in [2.05, 4.69) is 5.32 Å². The van der Waals surface area contributed by atoms with Crippen LogP contribution in [0.4, 0.5) is 0 Å². The van der Waals surface area contributed by atoms with Gasteiger partial charge in [0.15, 0.2) is 9.84 Å². The zero-order valence-electron chi connectivity index (χ0n) is 12.0. The van der Waals surface area contributed by atoms with E-state index in [0.29, 0.717) is 6.42 Å². The van der Waals surface area contributed by atoms with Crippen LogP contribution in [0.3, 0.4) is 0 Å². The fraction of sp³-hybridized carbons (Fsp3) is 0.500. The molecule has 112 valence electrons. The molecular formula is C14H21NO4S. The van der Waals surface area contributed by atoms with Crippen LogP contribution in [0, 0.1) is 0 Å². The molecule has 5 nitrogen and oxygen atoms in total. The van der Waals surface area contributed by atoms with E-state index < -0.39 is 15.9 Å². The summed E-state index contributed by atoms with van der Waals surface area (Å²) in [6.45, 7) is 3.47. The largest absolute Gasteiger partial charge is 0.393 e. The van der Waals surface area contributed by atoms with Gasteiger partial charge in [-0.25, -0.2) is 8.42 Å². The van der Waals surface area contributed by atoms with Gasteiger partial charge in [-0.15, -0.1) is 0 Å². The number of benzene rings is 1. The molecule has 0 radical (unpaired) electrons. The van der Waals surface area contributed by atoms with Gasteiger partial charge >= 0.3 is 0 Å². The molecule has 2 N–H and O–H groups in total. The maximum atomic E-state index is 11.6. The number of nitrogens with one attached hydrogen (secondary N) is 1. The zero-order chi connectivity index (χ0) is 15.3. The van der Waals surface area contributed by atoms with Gasteiger partial charge in [0.05, 0.1) is 17.0 Å². The smallest absolute Gasteiger partial charge is 0.220 e. The summed E-state index contributed by atoms with van der Waals surface area (Å²) in [6.07, 6.45) is 1.35. The summed E-state index contributed by atoms with van der Waals surface area (Å²) in [5, 5.41) is 11.9. The van der Waals surface area contributed by atoms with Crippen LogP contribution in [0.1, 0.15) is 38.3 Å². The van der Waals surface area contributed by atoms with Gasteiger partial charge in [-0.1, -0.05) is 12.1 Å². The molecule has 0 spiro atoms. The highest BCUT2D eigenvalue weighted by Gasteiger charge is 2.12. The Hall–Kier alpha value is -1.40. The molecule has 2 atom stereocenters. The maximum absolute atomic E-state index is 11.6. The number of rotatable bonds is 6. The van der Waals surface area contributed by atoms with Crippen molar-refractivity contribution in [2.45, 2.75) is 43.7 Å². The SMILES string of the molecule is CC(O)CCC(=O)NC(C)c1ccc(S(C)(=O)=O)cc1. The normalized spacial score (nSPS) is 14.6. The van der Waals surface area contributed by atoms with E-state index in [1.54, 1.807) is 19.1 Å². The number of aliphatic hydroxyl groups excluding tert-OH is 1. The first kappa shape index (κ1) is 16.7. The average molecular weight is 299 g/mol. The van der Waals surface area contributed by atoms with Crippen LogP contribution in [-0.4, -0.2) is 31.8 Å². The van der Waals surface area contributed by atoms with E-state index >= 15 is 0 Å². The highest BCUT2D eigenvalue weighted by Crippen LogP contribution is 2.16. The minimum atomic E-state index is -3.20. The molecule has 0 aliphatic heterocycles. The lowest BCUT2D eigenvalue weighted by molar-refractivity contribution is -0.122. The van der Waals surface area contributed by atoms with Crippen LogP contribution in [-0.2, 0) is 14.6 Å². The monoisotopic (exact) mass is 299 g/mol. The zero-order valence-corrected chi connectivity index (χ0v) is 12.8. The molecule has 0 saturated carbocycles. The molecule has 0 aromatic heterocycles. The fourth-order valence-corrected chi connectivity index (χ4v) is 2.37. The molecule has 1 aromatic rings. The second kappa shape index (κ2) is 6.85. The van der Waals surface area contributed by atoms with Gasteiger partial charge in [0.2, 0.25) is 5.91 Å². The Morgan fingerprint density at radius 3 is 2.25 bits per heavy atom. The summed E-state index contributed by atoms with van der Waals surface area (Å²) in [5.41, 5.74) is 0.836. The first-order valence-electron chi connectivity index (χ1n) is 6.47. The van der Waals surface area contributed by atoms with E-state index in [1.165, 1.54) is 12.1 Å². The molecule has 20 heavy (non-hydrogen) atoms. The summed E-state index contributed by atoms with van der Waals surface area (Å²) >= 11 is 0. The minimum Gasteiger partial charge on any atom is -0.393 e. The third kappa shape index (κ3) is 5.30. The lowest BCUT2D eigenvalue weighted by Crippen LogP contribution is -2.27. The minimum absolute atomic E-state index is 0.134. The third-order valence-corrected chi connectivity index (χ3v) is 4.10. The molecule has 0 fully saturated rings. The van der Waals surface area contributed by atoms with Crippen molar-refractivity contribution < 1.29 is 18.3 Å². The Morgan fingerprint density at radius 2 is 1.80 bits per heavy atom. The summed E-state index contributed by atoms with van der Waals surface area (Å²) in [6, 6.07) is 6.24. The van der Waals surface area contributed by atoms with E-state index in [9.17, 15) is 13.2 Å². The Kier molecular flexibility index (Phi) is 5.71. The Labute approximate surface area is 119 Å². The summed E-state index contributed by atoms with van der Waals surface area (Å²) in [7, 11) is -3.20. The number of carbonyl (C=O) groups is 1. The van der Waals surface area contributed by atoms with E-state index in [0.717, 1.165) is 11.8 Å². The lowest BCUT2D eigenvalue weighted by atomic mass is 10.1. The maximum Gasteiger partial charge on any atom is 0.220 e. The van der Waals surface area contributed by atoms with Crippen molar-refractivity contribution in [3.8, 4) is 0 Å². The van der Waals surface area contributed by atoms with E-state index in [4.69, 9.17) is 5.11 Å². The standard InChI is InChI=1S/C14H21NO4S/c1-10(16)4-9-14(17)15-11(2)12-5-7-13(8-6-12)20(3,18)19/h5-8,10-11,16H,4,9H2,1-3H3,(H,15,17). The van der Waals surface area contributed by atoms with Gasteiger partial charge in [0.1, 0.15) is 0 Å². The van der Waals surface area contributed by atoms with Crippen molar-refractivity contribution >= 4 is 15.7 Å². The van der Waals surface area contributed by atoms with Gasteiger partial charge in [0.25, 0.3) is 0 Å². The van der Waals surface area contributed by atoms with Gasteiger partial charge in [0, 0.05) is 12.7 Å². The van der Waals surface area contributed by atoms with Crippen LogP contribution < -0.4 is 5.32 Å². The highest BCUT2D eigenvalue weighted by atomic mass is 32.2. The van der Waals surface area contributed by atoms with Crippen LogP contribution in [0.2, 0.25) is 0 Å². The summed E-state index contributed by atoms with van der Waals surface area (Å²) in [4.78, 5) is 11.9. The van der Waals surface area contributed by atoms with Crippen molar-refractivity contribution in [2.24, 2.45) is 0 Å². The fourth-order valence-electron chi connectivity index (χ4n) is 1.74. The molecular weight excluding hydrogens is 278 g/mol. The number of sulfone groups is 1. The molecule has 0 aliphatic carbocycles. The van der Waals surface area contributed by atoms with Gasteiger partial charge in [-0.3, -0.25) is 4.79 Å². The summed E-state index contributed by atoms with van der Waals surface area (Å²) < 4.78 is 22.7. The first-order valence-corrected chi connectivity index (χ1v) is 8.36. The second-order valence-corrected chi connectivity index (χ2v) is 7.03. The van der Waals surface area contributed by atoms with Crippen molar-refractivity contribution in [1.29, 1.82) is 0 Å². The van der Waals surface area contributed by atoms with Crippen molar-refractivity contribution in [3.63, 3.8) is 0 Å². The highest BCUT2D eigenvalue weighted by molar-refractivity contribution is 7.90. The molecule has 2 unspecified atom stereocenters. The first-order chi connectivity index (χ1) is 9.20. The molecule has 6 heteroatoms. The molecule has 1 aromatic carbocycles. The van der Waals surface area contributed by atoms with Gasteiger partial charge in [-0.2, -0.15) is 0 Å². The number of amides is 1. The van der Waals surface area contributed by atoms with Crippen molar-refractivity contribution in [3.05, 3.63) is 29.8 Å². The average Bonchev–Trinajstić information content (AvgIpc) is 2.35. The predicted octanol–water partition coefficient (Wildman–Crippen LogP) is 1.43. The van der Waals surface area contributed by atoms with Crippen molar-refractivity contribution in [1.82, 2.24) is 5.32 Å². The van der Waals surface area contributed by atoms with Gasteiger partial charge in [-0.05, 0) is 38.0 Å². The number of carbonyl (C=O) groups excluding carboxylic acids is 1. The van der Waals surface area contributed by atoms with Crippen molar-refractivity contribution in [2.75, 3.05) is 6.26 Å². The Bertz CT molecular complexity index is 549. The van der Waals surface area contributed by atoms with E-state index in [-0.39, 0.29) is 23.3 Å². The number of hydrogen-bond acceptors (Lipinski definition) is 4. The molecule has 0 heterocycles. The van der Waals surface area contributed by atoms with Crippen LogP contribution in [0.25, 0.3) is 0 Å². The third-order valence-electron chi connectivity index (χ3n) is 2.97. The molecule has 1 amide bonds. The molecule has 0 saturated heterocycles. The Morgan fingerprint density at radius 1 is 1.25 bits per heavy atom. The van der Waals surface area contributed by atoms with Gasteiger partial charge < -0.3 is 10.4 Å². The van der Waals surface area contributed by atoms with E-state index in [1.807, 2.05) is 6.92 Å². The molecule has 1 rings (SSSR count). The van der Waals surface area contributed by atoms with Crippen LogP contribution >= 0.6 is 0 Å². The number of hydrogen-bond donors (Lipinski definition) is 2. The quantitative estimate of drug-likeness (QED) is 0.832. The Balaban J connectivity index is 2.64. The lowest BCUT2D eigenvalue weighted by Gasteiger charge is -2.15. The van der Waals surface area contributed by atoms with Crippen LogP contribution in [0.15, 0.2) is 29.2 Å².